The summed E-state index contributed by atoms with van der Waals surface area (Å²) in [6.07, 6.45) is 7.27. The van der Waals surface area contributed by atoms with Crippen molar-refractivity contribution >= 4 is 11.6 Å². The zero-order valence-corrected chi connectivity index (χ0v) is 11.4. The van der Waals surface area contributed by atoms with E-state index in [9.17, 15) is 4.79 Å². The Hall–Kier alpha value is -1.52. The van der Waals surface area contributed by atoms with E-state index in [0.717, 1.165) is 18.5 Å². The largest absolute Gasteiger partial charge is 0.395 e. The molecule has 1 heterocycles. The normalized spacial score (nSPS) is 21.5. The zero-order valence-electron chi connectivity index (χ0n) is 11.4. The fourth-order valence-electron chi connectivity index (χ4n) is 3.07. The molecule has 3 rings (SSSR count). The van der Waals surface area contributed by atoms with Crippen LogP contribution in [0, 0.1) is 5.92 Å². The number of nitrogens with zero attached hydrogens (tertiary/aromatic N) is 1. The first-order valence-electron chi connectivity index (χ1n) is 7.31. The van der Waals surface area contributed by atoms with Crippen molar-refractivity contribution < 1.29 is 4.79 Å². The number of aromatic amines is 1. The van der Waals surface area contributed by atoms with E-state index in [4.69, 9.17) is 5.73 Å². The van der Waals surface area contributed by atoms with Crippen LogP contribution in [0.5, 0.6) is 0 Å². The molecule has 104 valence electrons. The molecule has 2 aliphatic rings. The molecule has 0 radical (unpaired) electrons. The van der Waals surface area contributed by atoms with Crippen LogP contribution in [0.2, 0.25) is 0 Å². The Morgan fingerprint density at radius 2 is 2.05 bits per heavy atom. The number of hydrogen-bond donors (Lipinski definition) is 3. The third-order valence-electron chi connectivity index (χ3n) is 4.50. The predicted octanol–water partition coefficient (Wildman–Crippen LogP) is 2.18. The molecule has 1 amide bonds. The smallest absolute Gasteiger partial charge is 0.274 e. The van der Waals surface area contributed by atoms with Crippen LogP contribution in [-0.2, 0) is 0 Å². The molecule has 2 aliphatic carbocycles. The summed E-state index contributed by atoms with van der Waals surface area (Å²) in [6, 6.07) is 0.204. The van der Waals surface area contributed by atoms with E-state index < -0.39 is 0 Å². The van der Waals surface area contributed by atoms with Crippen molar-refractivity contribution in [2.24, 2.45) is 5.92 Å². The molecule has 0 bridgehead atoms. The van der Waals surface area contributed by atoms with Crippen molar-refractivity contribution in [1.29, 1.82) is 0 Å². The summed E-state index contributed by atoms with van der Waals surface area (Å²) in [5.41, 5.74) is 7.87. The number of nitrogens with one attached hydrogen (secondary N) is 2. The minimum absolute atomic E-state index is 0.139. The Kier molecular flexibility index (Phi) is 3.21. The second kappa shape index (κ2) is 4.87. The van der Waals surface area contributed by atoms with E-state index in [-0.39, 0.29) is 11.9 Å². The highest BCUT2D eigenvalue weighted by atomic mass is 16.2. The lowest BCUT2D eigenvalue weighted by atomic mass is 10.00. The standard InChI is InChI=1S/C14H22N4O/c1-8(9-4-2-3-5-9)16-14(19)13-11(15)12(17-18-13)10-6-7-10/h8-10H,2-7,15H2,1H3,(H,16,19)(H,17,18). The van der Waals surface area contributed by atoms with Crippen LogP contribution in [0.1, 0.15) is 67.5 Å². The number of nitrogen functional groups attached to an aromatic ring is 1. The number of amides is 1. The Bertz CT molecular complexity index is 472. The molecule has 5 nitrogen and oxygen atoms in total. The number of nitrogens with two attached hydrogens (primary N) is 1. The molecule has 0 spiro atoms. The lowest BCUT2D eigenvalue weighted by molar-refractivity contribution is 0.0923. The summed E-state index contributed by atoms with van der Waals surface area (Å²) in [5.74, 6) is 0.952. The summed E-state index contributed by atoms with van der Waals surface area (Å²) < 4.78 is 0. The van der Waals surface area contributed by atoms with E-state index in [1.54, 1.807) is 0 Å². The second-order valence-electron chi connectivity index (χ2n) is 5.98. The lowest BCUT2D eigenvalue weighted by Crippen LogP contribution is -2.37. The van der Waals surface area contributed by atoms with Crippen LogP contribution in [0.15, 0.2) is 0 Å². The number of carbonyl (C=O) groups is 1. The summed E-state index contributed by atoms with van der Waals surface area (Å²) in [6.45, 7) is 2.08. The van der Waals surface area contributed by atoms with Gasteiger partial charge in [-0.1, -0.05) is 12.8 Å². The molecule has 2 saturated carbocycles. The molecule has 1 aromatic heterocycles. The van der Waals surface area contributed by atoms with Gasteiger partial charge in [0.1, 0.15) is 0 Å². The van der Waals surface area contributed by atoms with Gasteiger partial charge >= 0.3 is 0 Å². The molecule has 4 N–H and O–H groups in total. The minimum atomic E-state index is -0.139. The van der Waals surface area contributed by atoms with Crippen molar-refractivity contribution in [3.05, 3.63) is 11.4 Å². The van der Waals surface area contributed by atoms with E-state index >= 15 is 0 Å². The van der Waals surface area contributed by atoms with Gasteiger partial charge in [0.2, 0.25) is 0 Å². The Balaban J connectivity index is 1.66. The quantitative estimate of drug-likeness (QED) is 0.777. The van der Waals surface area contributed by atoms with Crippen LogP contribution >= 0.6 is 0 Å². The lowest BCUT2D eigenvalue weighted by Gasteiger charge is -2.19. The number of rotatable bonds is 4. The maximum absolute atomic E-state index is 12.2. The molecule has 0 aromatic carbocycles. The number of carbonyl (C=O) groups excluding carboxylic acids is 1. The third kappa shape index (κ3) is 2.46. The highest BCUT2D eigenvalue weighted by Crippen LogP contribution is 2.42. The molecule has 2 fully saturated rings. The first kappa shape index (κ1) is 12.5. The van der Waals surface area contributed by atoms with E-state index in [1.807, 2.05) is 0 Å². The topological polar surface area (TPSA) is 83.8 Å². The van der Waals surface area contributed by atoms with Crippen molar-refractivity contribution in [2.75, 3.05) is 5.73 Å². The van der Waals surface area contributed by atoms with Gasteiger partial charge in [-0.25, -0.2) is 0 Å². The molecular formula is C14H22N4O. The fraction of sp³-hybridized carbons (Fsp3) is 0.714. The monoisotopic (exact) mass is 262 g/mol. The van der Waals surface area contributed by atoms with Gasteiger partial charge in [-0.3, -0.25) is 9.89 Å². The van der Waals surface area contributed by atoms with Gasteiger partial charge in [0.15, 0.2) is 5.69 Å². The number of anilines is 1. The number of hydrogen-bond acceptors (Lipinski definition) is 3. The summed E-state index contributed by atoms with van der Waals surface area (Å²) in [5, 5.41) is 10.1. The molecular weight excluding hydrogens is 240 g/mol. The van der Waals surface area contributed by atoms with Crippen LogP contribution in [0.25, 0.3) is 0 Å². The second-order valence-corrected chi connectivity index (χ2v) is 5.98. The highest BCUT2D eigenvalue weighted by Gasteiger charge is 2.31. The Labute approximate surface area is 113 Å². The van der Waals surface area contributed by atoms with E-state index in [0.29, 0.717) is 23.2 Å². The maximum atomic E-state index is 12.2. The summed E-state index contributed by atoms with van der Waals surface area (Å²) in [4.78, 5) is 12.2. The first-order chi connectivity index (χ1) is 9.16. The molecule has 19 heavy (non-hydrogen) atoms. The van der Waals surface area contributed by atoms with Gasteiger partial charge < -0.3 is 11.1 Å². The highest BCUT2D eigenvalue weighted by molar-refractivity contribution is 5.97. The number of aromatic nitrogens is 2. The van der Waals surface area contributed by atoms with Crippen LogP contribution in [0.3, 0.4) is 0 Å². The summed E-state index contributed by atoms with van der Waals surface area (Å²) >= 11 is 0. The molecule has 1 atom stereocenters. The predicted molar refractivity (Wildman–Crippen MR) is 73.9 cm³/mol. The minimum Gasteiger partial charge on any atom is -0.395 e. The van der Waals surface area contributed by atoms with Crippen LogP contribution < -0.4 is 11.1 Å². The fourth-order valence-corrected chi connectivity index (χ4v) is 3.07. The Morgan fingerprint density at radius 3 is 2.68 bits per heavy atom. The maximum Gasteiger partial charge on any atom is 0.274 e. The van der Waals surface area contributed by atoms with E-state index in [2.05, 4.69) is 22.4 Å². The van der Waals surface area contributed by atoms with Gasteiger partial charge in [0, 0.05) is 12.0 Å². The Morgan fingerprint density at radius 1 is 1.37 bits per heavy atom. The zero-order chi connectivity index (χ0) is 13.4. The number of H-pyrrole nitrogens is 1. The van der Waals surface area contributed by atoms with Gasteiger partial charge in [0.25, 0.3) is 5.91 Å². The van der Waals surface area contributed by atoms with Crippen molar-refractivity contribution in [3.63, 3.8) is 0 Å². The van der Waals surface area contributed by atoms with Crippen molar-refractivity contribution in [2.45, 2.75) is 57.4 Å². The molecule has 0 aliphatic heterocycles. The molecule has 1 aromatic rings. The van der Waals surface area contributed by atoms with E-state index in [1.165, 1.54) is 25.7 Å². The first-order valence-corrected chi connectivity index (χ1v) is 7.31. The average Bonchev–Trinajstić information content (AvgIpc) is 2.92. The van der Waals surface area contributed by atoms with Gasteiger partial charge in [-0.05, 0) is 38.5 Å². The van der Waals surface area contributed by atoms with Crippen LogP contribution in [0.4, 0.5) is 5.69 Å². The van der Waals surface area contributed by atoms with Gasteiger partial charge in [-0.15, -0.1) is 0 Å². The van der Waals surface area contributed by atoms with Crippen LogP contribution in [-0.4, -0.2) is 22.1 Å². The molecule has 5 heteroatoms. The summed E-state index contributed by atoms with van der Waals surface area (Å²) in [7, 11) is 0. The van der Waals surface area contributed by atoms with Crippen molar-refractivity contribution in [1.82, 2.24) is 15.5 Å². The molecule has 1 unspecified atom stereocenters. The van der Waals surface area contributed by atoms with Gasteiger partial charge in [-0.2, -0.15) is 5.10 Å². The SMILES string of the molecule is CC(NC(=O)c1n[nH]c(C2CC2)c1N)C1CCCC1. The average molecular weight is 262 g/mol. The van der Waals surface area contributed by atoms with Gasteiger partial charge in [0.05, 0.1) is 11.4 Å². The van der Waals surface area contributed by atoms with Crippen molar-refractivity contribution in [3.8, 4) is 0 Å². The third-order valence-corrected chi connectivity index (χ3v) is 4.50. The molecule has 0 saturated heterocycles.